The van der Waals surface area contributed by atoms with Crippen molar-refractivity contribution in [3.63, 3.8) is 0 Å². The van der Waals surface area contributed by atoms with Crippen LogP contribution < -0.4 is 0 Å². The van der Waals surface area contributed by atoms with Gasteiger partial charge in [-0.05, 0) is 24.8 Å². The minimum Gasteiger partial charge on any atom is -0.389 e. The average molecular weight is 220 g/mol. The van der Waals surface area contributed by atoms with Gasteiger partial charge >= 0.3 is 0 Å². The first-order valence-electron chi connectivity index (χ1n) is 6.01. The van der Waals surface area contributed by atoms with E-state index < -0.39 is 5.60 Å². The second kappa shape index (κ2) is 4.98. The van der Waals surface area contributed by atoms with E-state index in [1.807, 2.05) is 18.2 Å². The van der Waals surface area contributed by atoms with Crippen LogP contribution in [0.15, 0.2) is 30.3 Å². The molecule has 88 valence electrons. The Kier molecular flexibility index (Phi) is 3.62. The molecule has 1 aromatic rings. The summed E-state index contributed by atoms with van der Waals surface area (Å²) in [5, 5.41) is 10.5. The van der Waals surface area contributed by atoms with Gasteiger partial charge in [0.25, 0.3) is 0 Å². The van der Waals surface area contributed by atoms with Crippen molar-refractivity contribution < 1.29 is 9.84 Å². The lowest BCUT2D eigenvalue weighted by molar-refractivity contribution is -0.0581. The topological polar surface area (TPSA) is 29.5 Å². The zero-order valence-corrected chi connectivity index (χ0v) is 9.86. The number of hydrogen-bond donors (Lipinski definition) is 1. The van der Waals surface area contributed by atoms with Gasteiger partial charge in [-0.2, -0.15) is 0 Å². The second-order valence-corrected chi connectivity index (χ2v) is 4.84. The maximum absolute atomic E-state index is 10.5. The molecule has 0 aliphatic heterocycles. The van der Waals surface area contributed by atoms with E-state index in [1.54, 1.807) is 7.11 Å². The molecule has 1 aliphatic carbocycles. The highest BCUT2D eigenvalue weighted by atomic mass is 16.5. The third kappa shape index (κ3) is 2.83. The third-order valence-corrected chi connectivity index (χ3v) is 3.49. The van der Waals surface area contributed by atoms with Crippen LogP contribution in [0.25, 0.3) is 0 Å². The molecule has 0 aromatic heterocycles. The van der Waals surface area contributed by atoms with E-state index in [0.29, 0.717) is 0 Å². The summed E-state index contributed by atoms with van der Waals surface area (Å²) in [6.45, 7) is 0. The molecule has 2 atom stereocenters. The molecule has 0 heterocycles. The molecule has 1 aliphatic rings. The first-order chi connectivity index (χ1) is 7.72. The Morgan fingerprint density at radius 2 is 2.12 bits per heavy atom. The van der Waals surface area contributed by atoms with Crippen molar-refractivity contribution in [1.29, 1.82) is 0 Å². The fourth-order valence-corrected chi connectivity index (χ4v) is 2.62. The number of rotatable bonds is 3. The molecular formula is C14H20O2. The van der Waals surface area contributed by atoms with Gasteiger partial charge in [-0.25, -0.2) is 0 Å². The Morgan fingerprint density at radius 1 is 1.38 bits per heavy atom. The zero-order valence-electron chi connectivity index (χ0n) is 9.86. The summed E-state index contributed by atoms with van der Waals surface area (Å²) >= 11 is 0. The normalized spacial score (nSPS) is 30.2. The molecule has 1 saturated carbocycles. The standard InChI is InChI=1S/C14H20O2/c1-16-13-8-5-9-14(15,11-13)10-12-6-3-2-4-7-12/h2-4,6-7,13,15H,5,8-11H2,1H3. The van der Waals surface area contributed by atoms with Crippen LogP contribution in [0, 0.1) is 0 Å². The molecule has 2 rings (SSSR count). The molecule has 2 nitrogen and oxygen atoms in total. The summed E-state index contributed by atoms with van der Waals surface area (Å²) in [5.41, 5.74) is 0.641. The number of benzene rings is 1. The molecule has 0 amide bonds. The van der Waals surface area contributed by atoms with Crippen LogP contribution >= 0.6 is 0 Å². The van der Waals surface area contributed by atoms with E-state index in [-0.39, 0.29) is 6.10 Å². The molecule has 0 bridgehead atoms. The van der Waals surface area contributed by atoms with E-state index in [9.17, 15) is 5.11 Å². The third-order valence-electron chi connectivity index (χ3n) is 3.49. The van der Waals surface area contributed by atoms with Crippen LogP contribution in [0.5, 0.6) is 0 Å². The fourth-order valence-electron chi connectivity index (χ4n) is 2.62. The molecule has 2 heteroatoms. The fraction of sp³-hybridized carbons (Fsp3) is 0.571. The van der Waals surface area contributed by atoms with Crippen molar-refractivity contribution in [2.75, 3.05) is 7.11 Å². The van der Waals surface area contributed by atoms with Crippen LogP contribution in [0.3, 0.4) is 0 Å². The number of aliphatic hydroxyl groups is 1. The van der Waals surface area contributed by atoms with Crippen molar-refractivity contribution in [3.8, 4) is 0 Å². The minimum atomic E-state index is -0.569. The lowest BCUT2D eigenvalue weighted by atomic mass is 9.79. The predicted molar refractivity (Wildman–Crippen MR) is 64.4 cm³/mol. The van der Waals surface area contributed by atoms with Crippen LogP contribution in [-0.4, -0.2) is 23.9 Å². The van der Waals surface area contributed by atoms with Gasteiger partial charge in [0.05, 0.1) is 11.7 Å². The summed E-state index contributed by atoms with van der Waals surface area (Å²) in [6.07, 6.45) is 4.76. The Hall–Kier alpha value is -0.860. The van der Waals surface area contributed by atoms with Crippen molar-refractivity contribution in [2.45, 2.75) is 43.8 Å². The number of hydrogen-bond acceptors (Lipinski definition) is 2. The molecule has 1 aromatic carbocycles. The zero-order chi connectivity index (χ0) is 11.4. The van der Waals surface area contributed by atoms with Crippen molar-refractivity contribution in [2.24, 2.45) is 0 Å². The van der Waals surface area contributed by atoms with Crippen LogP contribution in [0.1, 0.15) is 31.2 Å². The molecule has 0 spiro atoms. The highest BCUT2D eigenvalue weighted by Gasteiger charge is 2.34. The summed E-state index contributed by atoms with van der Waals surface area (Å²) < 4.78 is 5.36. The van der Waals surface area contributed by atoms with E-state index in [4.69, 9.17) is 4.74 Å². The maximum Gasteiger partial charge on any atom is 0.0712 e. The first-order valence-corrected chi connectivity index (χ1v) is 6.01. The Bertz CT molecular complexity index is 323. The lowest BCUT2D eigenvalue weighted by Crippen LogP contribution is -2.40. The van der Waals surface area contributed by atoms with Gasteiger partial charge in [-0.3, -0.25) is 0 Å². The van der Waals surface area contributed by atoms with Crippen molar-refractivity contribution >= 4 is 0 Å². The van der Waals surface area contributed by atoms with Crippen LogP contribution in [0.2, 0.25) is 0 Å². The molecular weight excluding hydrogens is 200 g/mol. The van der Waals surface area contributed by atoms with Crippen molar-refractivity contribution in [3.05, 3.63) is 35.9 Å². The SMILES string of the molecule is COC1CCCC(O)(Cc2ccccc2)C1. The predicted octanol–water partition coefficient (Wildman–Crippen LogP) is 2.55. The van der Waals surface area contributed by atoms with Gasteiger partial charge < -0.3 is 9.84 Å². The largest absolute Gasteiger partial charge is 0.389 e. The van der Waals surface area contributed by atoms with Crippen molar-refractivity contribution in [1.82, 2.24) is 0 Å². The minimum absolute atomic E-state index is 0.225. The van der Waals surface area contributed by atoms with Gasteiger partial charge in [0.15, 0.2) is 0 Å². The van der Waals surface area contributed by atoms with E-state index in [1.165, 1.54) is 5.56 Å². The first kappa shape index (κ1) is 11.6. The molecule has 0 saturated heterocycles. The quantitative estimate of drug-likeness (QED) is 0.848. The van der Waals surface area contributed by atoms with E-state index in [0.717, 1.165) is 32.1 Å². The number of ether oxygens (including phenoxy) is 1. The molecule has 1 fully saturated rings. The molecule has 2 unspecified atom stereocenters. The van der Waals surface area contributed by atoms with Gasteiger partial charge in [0, 0.05) is 20.0 Å². The average Bonchev–Trinajstić information content (AvgIpc) is 2.29. The highest BCUT2D eigenvalue weighted by molar-refractivity contribution is 5.17. The van der Waals surface area contributed by atoms with E-state index in [2.05, 4.69) is 12.1 Å². The summed E-state index contributed by atoms with van der Waals surface area (Å²) in [7, 11) is 1.74. The Labute approximate surface area is 97.3 Å². The molecule has 16 heavy (non-hydrogen) atoms. The Balaban J connectivity index is 2.02. The van der Waals surface area contributed by atoms with Crippen LogP contribution in [-0.2, 0) is 11.2 Å². The van der Waals surface area contributed by atoms with Crippen LogP contribution in [0.4, 0.5) is 0 Å². The Morgan fingerprint density at radius 3 is 2.81 bits per heavy atom. The maximum atomic E-state index is 10.5. The highest BCUT2D eigenvalue weighted by Crippen LogP contribution is 2.32. The van der Waals surface area contributed by atoms with E-state index >= 15 is 0 Å². The van der Waals surface area contributed by atoms with Gasteiger partial charge in [-0.1, -0.05) is 30.3 Å². The number of methoxy groups -OCH3 is 1. The van der Waals surface area contributed by atoms with Gasteiger partial charge in [0.1, 0.15) is 0 Å². The van der Waals surface area contributed by atoms with Gasteiger partial charge in [-0.15, -0.1) is 0 Å². The summed E-state index contributed by atoms with van der Waals surface area (Å²) in [6, 6.07) is 10.2. The second-order valence-electron chi connectivity index (χ2n) is 4.84. The lowest BCUT2D eigenvalue weighted by Gasteiger charge is -2.36. The molecule has 0 radical (unpaired) electrons. The monoisotopic (exact) mass is 220 g/mol. The summed E-state index contributed by atoms with van der Waals surface area (Å²) in [5.74, 6) is 0. The molecule has 1 N–H and O–H groups in total. The summed E-state index contributed by atoms with van der Waals surface area (Å²) in [4.78, 5) is 0. The smallest absolute Gasteiger partial charge is 0.0712 e. The van der Waals surface area contributed by atoms with Gasteiger partial charge in [0.2, 0.25) is 0 Å².